The van der Waals surface area contributed by atoms with Crippen molar-refractivity contribution in [2.45, 2.75) is 6.10 Å². The molecule has 1 heterocycles. The molecule has 0 aliphatic heterocycles. The molecule has 0 fully saturated rings. The van der Waals surface area contributed by atoms with Gasteiger partial charge < -0.3 is 14.7 Å². The van der Waals surface area contributed by atoms with E-state index < -0.39 is 12.1 Å². The van der Waals surface area contributed by atoms with Crippen molar-refractivity contribution < 1.29 is 19.5 Å². The van der Waals surface area contributed by atoms with E-state index in [9.17, 15) is 9.90 Å². The van der Waals surface area contributed by atoms with Crippen molar-refractivity contribution in [3.8, 4) is 0 Å². The van der Waals surface area contributed by atoms with Crippen molar-refractivity contribution >= 4 is 16.9 Å². The average molecular weight is 193 g/mol. The van der Waals surface area contributed by atoms with Gasteiger partial charge in [0, 0.05) is 5.39 Å². The van der Waals surface area contributed by atoms with E-state index in [0.717, 1.165) is 0 Å². The Balaban J connectivity index is 2.48. The molecule has 0 bridgehead atoms. The smallest absolute Gasteiger partial charge is 0.337 e. The minimum Gasteiger partial charge on any atom is -0.479 e. The summed E-state index contributed by atoms with van der Waals surface area (Å²) in [4.78, 5) is 10.5. The SMILES string of the molecule is O=C(O)C(O)c1ccc2oncc2c1. The number of benzene rings is 1. The van der Waals surface area contributed by atoms with E-state index in [-0.39, 0.29) is 0 Å². The molecule has 1 aromatic carbocycles. The Morgan fingerprint density at radius 3 is 3.00 bits per heavy atom. The molecule has 0 aliphatic carbocycles. The molecule has 5 nitrogen and oxygen atoms in total. The second-order valence-corrected chi connectivity index (χ2v) is 2.86. The van der Waals surface area contributed by atoms with Gasteiger partial charge in [-0.1, -0.05) is 11.2 Å². The number of nitrogens with zero attached hydrogens (tertiary/aromatic N) is 1. The second-order valence-electron chi connectivity index (χ2n) is 2.86. The third-order valence-corrected chi connectivity index (χ3v) is 1.93. The third-order valence-electron chi connectivity index (χ3n) is 1.93. The summed E-state index contributed by atoms with van der Waals surface area (Å²) >= 11 is 0. The van der Waals surface area contributed by atoms with Crippen LogP contribution in [-0.4, -0.2) is 21.3 Å². The lowest BCUT2D eigenvalue weighted by Crippen LogP contribution is -2.09. The van der Waals surface area contributed by atoms with Gasteiger partial charge in [-0.15, -0.1) is 0 Å². The maximum absolute atomic E-state index is 10.5. The number of rotatable bonds is 2. The molecule has 0 saturated carbocycles. The first-order valence-corrected chi connectivity index (χ1v) is 3.93. The molecule has 1 unspecified atom stereocenters. The van der Waals surface area contributed by atoms with Crippen LogP contribution in [-0.2, 0) is 4.79 Å². The van der Waals surface area contributed by atoms with Gasteiger partial charge in [-0.2, -0.15) is 0 Å². The highest BCUT2D eigenvalue weighted by molar-refractivity contribution is 5.80. The summed E-state index contributed by atoms with van der Waals surface area (Å²) < 4.78 is 4.83. The molecule has 14 heavy (non-hydrogen) atoms. The van der Waals surface area contributed by atoms with E-state index in [4.69, 9.17) is 9.63 Å². The van der Waals surface area contributed by atoms with Crippen LogP contribution in [0.3, 0.4) is 0 Å². The van der Waals surface area contributed by atoms with Crippen molar-refractivity contribution in [2.24, 2.45) is 0 Å². The van der Waals surface area contributed by atoms with Crippen LogP contribution in [0.2, 0.25) is 0 Å². The van der Waals surface area contributed by atoms with Crippen LogP contribution in [0.5, 0.6) is 0 Å². The number of aliphatic carboxylic acids is 1. The molecule has 1 aromatic heterocycles. The lowest BCUT2D eigenvalue weighted by molar-refractivity contribution is -0.146. The van der Waals surface area contributed by atoms with Gasteiger partial charge in [0.15, 0.2) is 11.7 Å². The lowest BCUT2D eigenvalue weighted by atomic mass is 10.1. The highest BCUT2D eigenvalue weighted by Crippen LogP contribution is 2.20. The molecule has 0 radical (unpaired) electrons. The zero-order chi connectivity index (χ0) is 10.1. The fraction of sp³-hybridized carbons (Fsp3) is 0.111. The Labute approximate surface area is 78.6 Å². The highest BCUT2D eigenvalue weighted by Gasteiger charge is 2.16. The molecule has 1 atom stereocenters. The average Bonchev–Trinajstić information content (AvgIpc) is 2.62. The Hall–Kier alpha value is -1.88. The monoisotopic (exact) mass is 193 g/mol. The molecule has 0 aliphatic rings. The fourth-order valence-electron chi connectivity index (χ4n) is 1.20. The van der Waals surface area contributed by atoms with Gasteiger partial charge in [-0.25, -0.2) is 4.79 Å². The van der Waals surface area contributed by atoms with Gasteiger partial charge in [-0.3, -0.25) is 0 Å². The number of hydrogen-bond acceptors (Lipinski definition) is 4. The zero-order valence-electron chi connectivity index (χ0n) is 7.04. The van der Waals surface area contributed by atoms with E-state index in [1.165, 1.54) is 18.3 Å². The van der Waals surface area contributed by atoms with Crippen LogP contribution in [0.15, 0.2) is 28.9 Å². The second kappa shape index (κ2) is 3.12. The summed E-state index contributed by atoms with van der Waals surface area (Å²) in [6, 6.07) is 4.60. The molecule has 2 aromatic rings. The quantitative estimate of drug-likeness (QED) is 0.741. The summed E-state index contributed by atoms with van der Waals surface area (Å²) in [6.45, 7) is 0. The molecule has 0 spiro atoms. The van der Waals surface area contributed by atoms with E-state index in [1.807, 2.05) is 0 Å². The van der Waals surface area contributed by atoms with Crippen LogP contribution in [0, 0.1) is 0 Å². The largest absolute Gasteiger partial charge is 0.479 e. The molecule has 72 valence electrons. The molecule has 0 amide bonds. The van der Waals surface area contributed by atoms with Crippen molar-refractivity contribution in [2.75, 3.05) is 0 Å². The summed E-state index contributed by atoms with van der Waals surface area (Å²) in [5, 5.41) is 22.0. The Morgan fingerprint density at radius 2 is 2.29 bits per heavy atom. The summed E-state index contributed by atoms with van der Waals surface area (Å²) in [5.74, 6) is -1.28. The maximum atomic E-state index is 10.5. The van der Waals surface area contributed by atoms with Gasteiger partial charge in [0.05, 0.1) is 6.20 Å². The molecule has 0 saturated heterocycles. The zero-order valence-corrected chi connectivity index (χ0v) is 7.04. The van der Waals surface area contributed by atoms with E-state index in [2.05, 4.69) is 5.16 Å². The van der Waals surface area contributed by atoms with E-state index in [1.54, 1.807) is 6.07 Å². The molecule has 5 heteroatoms. The predicted octanol–water partition coefficient (Wildman–Crippen LogP) is 0.946. The first-order chi connectivity index (χ1) is 6.68. The van der Waals surface area contributed by atoms with Crippen LogP contribution < -0.4 is 0 Å². The summed E-state index contributed by atoms with van der Waals surface area (Å²) in [5.41, 5.74) is 0.875. The molecular formula is C9H7NO4. The Morgan fingerprint density at radius 1 is 1.50 bits per heavy atom. The van der Waals surface area contributed by atoms with Gasteiger partial charge in [0.2, 0.25) is 0 Å². The topological polar surface area (TPSA) is 83.6 Å². The number of carboxylic acid groups (broad SMARTS) is 1. The van der Waals surface area contributed by atoms with Crippen molar-refractivity contribution in [1.29, 1.82) is 0 Å². The number of hydrogen-bond donors (Lipinski definition) is 2. The molecular weight excluding hydrogens is 186 g/mol. The number of aromatic nitrogens is 1. The van der Waals surface area contributed by atoms with Gasteiger partial charge in [0.25, 0.3) is 0 Å². The summed E-state index contributed by atoms with van der Waals surface area (Å²) in [6.07, 6.45) is -0.0396. The maximum Gasteiger partial charge on any atom is 0.337 e. The lowest BCUT2D eigenvalue weighted by Gasteiger charge is -2.04. The summed E-state index contributed by atoms with van der Waals surface area (Å²) in [7, 11) is 0. The number of carbonyl (C=O) groups is 1. The first kappa shape index (κ1) is 8.71. The number of aliphatic hydroxyl groups is 1. The predicted molar refractivity (Wildman–Crippen MR) is 46.6 cm³/mol. The van der Waals surface area contributed by atoms with Crippen molar-refractivity contribution in [1.82, 2.24) is 5.16 Å². The minimum atomic E-state index is -1.51. The number of aliphatic hydroxyl groups excluding tert-OH is 1. The highest BCUT2D eigenvalue weighted by atomic mass is 16.5. The van der Waals surface area contributed by atoms with Crippen LogP contribution in [0.25, 0.3) is 11.0 Å². The van der Waals surface area contributed by atoms with Crippen LogP contribution >= 0.6 is 0 Å². The Kier molecular flexibility index (Phi) is 1.94. The fourth-order valence-corrected chi connectivity index (χ4v) is 1.20. The van der Waals surface area contributed by atoms with Crippen molar-refractivity contribution in [3.63, 3.8) is 0 Å². The number of carboxylic acids is 1. The normalized spacial score (nSPS) is 12.9. The van der Waals surface area contributed by atoms with Crippen LogP contribution in [0.4, 0.5) is 0 Å². The molecule has 2 N–H and O–H groups in total. The Bertz CT molecular complexity index is 476. The third kappa shape index (κ3) is 1.33. The van der Waals surface area contributed by atoms with Gasteiger partial charge in [0.1, 0.15) is 0 Å². The van der Waals surface area contributed by atoms with E-state index >= 15 is 0 Å². The van der Waals surface area contributed by atoms with Gasteiger partial charge >= 0.3 is 5.97 Å². The first-order valence-electron chi connectivity index (χ1n) is 3.93. The molecule has 2 rings (SSSR count). The minimum absolute atomic E-state index is 0.313. The van der Waals surface area contributed by atoms with E-state index in [0.29, 0.717) is 16.5 Å². The van der Waals surface area contributed by atoms with Crippen molar-refractivity contribution in [3.05, 3.63) is 30.0 Å². The van der Waals surface area contributed by atoms with Crippen LogP contribution in [0.1, 0.15) is 11.7 Å². The number of fused-ring (bicyclic) bond motifs is 1. The van der Waals surface area contributed by atoms with Gasteiger partial charge in [-0.05, 0) is 17.7 Å². The standard InChI is InChI=1S/C9H7NO4/c11-8(9(12)13)5-1-2-7-6(3-5)4-10-14-7/h1-4,8,11H,(H,12,13).